The van der Waals surface area contributed by atoms with Crippen LogP contribution in [0.2, 0.25) is 0 Å². The van der Waals surface area contributed by atoms with E-state index in [1.54, 1.807) is 0 Å². The van der Waals surface area contributed by atoms with Crippen LogP contribution in [0.1, 0.15) is 26.2 Å². The average Bonchev–Trinajstić information content (AvgIpc) is 1.97. The van der Waals surface area contributed by atoms with Crippen LogP contribution < -0.4 is 0 Å². The van der Waals surface area contributed by atoms with Crippen LogP contribution in [-0.4, -0.2) is 11.2 Å². The van der Waals surface area contributed by atoms with Crippen LogP contribution in [0.3, 0.4) is 0 Å². The van der Waals surface area contributed by atoms with Gasteiger partial charge >= 0.3 is 0 Å². The third kappa shape index (κ3) is 5.33. The molecule has 0 spiro atoms. The van der Waals surface area contributed by atoms with E-state index in [2.05, 4.69) is 6.92 Å². The standard InChI is InChI=1S/C8H13NO/c1-2-3-5-8(10)6-4-7-9/h4,6,8,10H,2-3,5H2,1H3/b6-4-. The number of aliphatic hydroxyl groups is 1. The molecule has 0 fully saturated rings. The highest BCUT2D eigenvalue weighted by Crippen LogP contribution is 2.00. The predicted molar refractivity (Wildman–Crippen MR) is 40.3 cm³/mol. The minimum absolute atomic E-state index is 0.431. The molecule has 0 aliphatic rings. The fraction of sp³-hybridized carbons (Fsp3) is 0.625. The summed E-state index contributed by atoms with van der Waals surface area (Å²) >= 11 is 0. The quantitative estimate of drug-likeness (QED) is 0.601. The first-order valence-electron chi connectivity index (χ1n) is 3.55. The van der Waals surface area contributed by atoms with Crippen molar-refractivity contribution in [3.8, 4) is 6.07 Å². The molecule has 0 rings (SSSR count). The molecule has 0 aliphatic heterocycles. The second kappa shape index (κ2) is 6.31. The average molecular weight is 139 g/mol. The van der Waals surface area contributed by atoms with Gasteiger partial charge in [-0.05, 0) is 12.5 Å². The lowest BCUT2D eigenvalue weighted by molar-refractivity contribution is 0.209. The maximum Gasteiger partial charge on any atom is 0.0909 e. The van der Waals surface area contributed by atoms with Gasteiger partial charge in [0.1, 0.15) is 0 Å². The van der Waals surface area contributed by atoms with Gasteiger partial charge in [0, 0.05) is 6.08 Å². The molecule has 0 aromatic carbocycles. The summed E-state index contributed by atoms with van der Waals surface area (Å²) in [6.45, 7) is 2.07. The molecule has 0 aromatic heterocycles. The predicted octanol–water partition coefficient (Wildman–Crippen LogP) is 1.62. The SMILES string of the molecule is CCCCC(O)/C=C\C#N. The number of rotatable bonds is 4. The Bertz CT molecular complexity index is 135. The normalized spacial score (nSPS) is 13.3. The number of aliphatic hydroxyl groups excluding tert-OH is 1. The van der Waals surface area contributed by atoms with Crippen LogP contribution in [0.15, 0.2) is 12.2 Å². The Morgan fingerprint density at radius 3 is 2.90 bits per heavy atom. The lowest BCUT2D eigenvalue weighted by atomic mass is 10.1. The summed E-state index contributed by atoms with van der Waals surface area (Å²) in [6, 6.07) is 1.83. The number of nitrogens with zero attached hydrogens (tertiary/aromatic N) is 1. The zero-order valence-corrected chi connectivity index (χ0v) is 6.25. The Labute approximate surface area is 61.8 Å². The van der Waals surface area contributed by atoms with Crippen LogP contribution in [0.4, 0.5) is 0 Å². The highest BCUT2D eigenvalue weighted by molar-refractivity contribution is 5.04. The molecule has 10 heavy (non-hydrogen) atoms. The van der Waals surface area contributed by atoms with Crippen LogP contribution in [0, 0.1) is 11.3 Å². The summed E-state index contributed by atoms with van der Waals surface area (Å²) in [5, 5.41) is 17.2. The molecule has 2 heteroatoms. The first kappa shape index (κ1) is 9.19. The van der Waals surface area contributed by atoms with Gasteiger partial charge in [0.2, 0.25) is 0 Å². The number of hydrogen-bond acceptors (Lipinski definition) is 2. The van der Waals surface area contributed by atoms with E-state index in [4.69, 9.17) is 10.4 Å². The number of nitriles is 1. The summed E-state index contributed by atoms with van der Waals surface area (Å²) in [6.07, 6.45) is 5.26. The maximum absolute atomic E-state index is 9.07. The van der Waals surface area contributed by atoms with Crippen molar-refractivity contribution in [2.45, 2.75) is 32.3 Å². The molecular formula is C8H13NO. The zero-order chi connectivity index (χ0) is 7.82. The zero-order valence-electron chi connectivity index (χ0n) is 6.25. The molecule has 0 bridgehead atoms. The second-order valence-corrected chi connectivity index (χ2v) is 2.20. The van der Waals surface area contributed by atoms with Crippen molar-refractivity contribution >= 4 is 0 Å². The van der Waals surface area contributed by atoms with Gasteiger partial charge < -0.3 is 5.11 Å². The smallest absolute Gasteiger partial charge is 0.0909 e. The van der Waals surface area contributed by atoms with E-state index in [1.165, 1.54) is 12.2 Å². The van der Waals surface area contributed by atoms with Gasteiger partial charge in [-0.1, -0.05) is 19.8 Å². The Kier molecular flexibility index (Phi) is 5.80. The molecule has 0 saturated heterocycles. The molecule has 1 atom stereocenters. The summed E-state index contributed by atoms with van der Waals surface area (Å²) in [5.41, 5.74) is 0. The van der Waals surface area contributed by atoms with E-state index in [0.29, 0.717) is 0 Å². The molecule has 0 heterocycles. The van der Waals surface area contributed by atoms with E-state index >= 15 is 0 Å². The third-order valence-corrected chi connectivity index (χ3v) is 1.25. The molecule has 0 saturated carbocycles. The summed E-state index contributed by atoms with van der Waals surface area (Å²) < 4.78 is 0. The van der Waals surface area contributed by atoms with Crippen LogP contribution >= 0.6 is 0 Å². The summed E-state index contributed by atoms with van der Waals surface area (Å²) in [7, 11) is 0. The summed E-state index contributed by atoms with van der Waals surface area (Å²) in [4.78, 5) is 0. The van der Waals surface area contributed by atoms with E-state index in [9.17, 15) is 0 Å². The minimum Gasteiger partial charge on any atom is -0.389 e. The molecule has 1 unspecified atom stereocenters. The Morgan fingerprint density at radius 2 is 2.40 bits per heavy atom. The van der Waals surface area contributed by atoms with Gasteiger partial charge in [0.15, 0.2) is 0 Å². The number of hydrogen-bond donors (Lipinski definition) is 1. The lowest BCUT2D eigenvalue weighted by Crippen LogP contribution is -2.00. The van der Waals surface area contributed by atoms with Crippen LogP contribution in [-0.2, 0) is 0 Å². The Balaban J connectivity index is 3.35. The molecule has 0 radical (unpaired) electrons. The van der Waals surface area contributed by atoms with Gasteiger partial charge in [-0.25, -0.2) is 0 Å². The molecule has 0 aromatic rings. The maximum atomic E-state index is 9.07. The van der Waals surface area contributed by atoms with E-state index < -0.39 is 6.10 Å². The molecule has 1 N–H and O–H groups in total. The Morgan fingerprint density at radius 1 is 1.70 bits per heavy atom. The number of unbranched alkanes of at least 4 members (excludes halogenated alkanes) is 1. The largest absolute Gasteiger partial charge is 0.389 e. The highest BCUT2D eigenvalue weighted by atomic mass is 16.3. The van der Waals surface area contributed by atoms with E-state index in [1.807, 2.05) is 6.07 Å². The van der Waals surface area contributed by atoms with Gasteiger partial charge in [0.25, 0.3) is 0 Å². The monoisotopic (exact) mass is 139 g/mol. The van der Waals surface area contributed by atoms with Crippen molar-refractivity contribution in [3.05, 3.63) is 12.2 Å². The van der Waals surface area contributed by atoms with Crippen LogP contribution in [0.25, 0.3) is 0 Å². The second-order valence-electron chi connectivity index (χ2n) is 2.20. The van der Waals surface area contributed by atoms with Gasteiger partial charge in [0.05, 0.1) is 12.2 Å². The fourth-order valence-corrected chi connectivity index (χ4v) is 0.664. The van der Waals surface area contributed by atoms with Crippen molar-refractivity contribution < 1.29 is 5.11 Å². The topological polar surface area (TPSA) is 44.0 Å². The van der Waals surface area contributed by atoms with Crippen molar-refractivity contribution in [3.63, 3.8) is 0 Å². The number of allylic oxidation sites excluding steroid dienone is 1. The molecule has 0 amide bonds. The summed E-state index contributed by atoms with van der Waals surface area (Å²) in [5.74, 6) is 0. The fourth-order valence-electron chi connectivity index (χ4n) is 0.664. The molecule has 56 valence electrons. The van der Waals surface area contributed by atoms with Crippen LogP contribution in [0.5, 0.6) is 0 Å². The minimum atomic E-state index is -0.431. The highest BCUT2D eigenvalue weighted by Gasteiger charge is 1.95. The lowest BCUT2D eigenvalue weighted by Gasteiger charge is -2.00. The van der Waals surface area contributed by atoms with Crippen molar-refractivity contribution in [2.75, 3.05) is 0 Å². The van der Waals surface area contributed by atoms with E-state index in [0.717, 1.165) is 19.3 Å². The third-order valence-electron chi connectivity index (χ3n) is 1.25. The Hall–Kier alpha value is -0.810. The molecule has 2 nitrogen and oxygen atoms in total. The van der Waals surface area contributed by atoms with Gasteiger partial charge in [-0.15, -0.1) is 0 Å². The van der Waals surface area contributed by atoms with E-state index in [-0.39, 0.29) is 0 Å². The first-order valence-corrected chi connectivity index (χ1v) is 3.55. The molecule has 0 aliphatic carbocycles. The van der Waals surface area contributed by atoms with Crippen molar-refractivity contribution in [2.24, 2.45) is 0 Å². The van der Waals surface area contributed by atoms with Gasteiger partial charge in [-0.2, -0.15) is 5.26 Å². The van der Waals surface area contributed by atoms with Gasteiger partial charge in [-0.3, -0.25) is 0 Å². The first-order chi connectivity index (χ1) is 4.81. The molecular weight excluding hydrogens is 126 g/mol. The van der Waals surface area contributed by atoms with Crippen molar-refractivity contribution in [1.82, 2.24) is 0 Å². The van der Waals surface area contributed by atoms with Crippen molar-refractivity contribution in [1.29, 1.82) is 5.26 Å².